The minimum atomic E-state index is 0.182. The van der Waals surface area contributed by atoms with Gasteiger partial charge in [0, 0.05) is 56.3 Å². The first-order valence-corrected chi connectivity index (χ1v) is 10.4. The second-order valence-electron chi connectivity index (χ2n) is 8.97. The molecule has 7 rings (SSSR count). The Bertz CT molecular complexity index is 768. The van der Waals surface area contributed by atoms with Crippen molar-refractivity contribution in [3.8, 4) is 0 Å². The van der Waals surface area contributed by atoms with E-state index < -0.39 is 0 Å². The Morgan fingerprint density at radius 2 is 1.93 bits per heavy atom. The fraction of sp³-hybridized carbons (Fsp3) is 0.750. The Hall–Kier alpha value is -1.73. The number of carbonyl (C=O) groups excluding carboxylic acids is 1. The lowest BCUT2D eigenvalue weighted by molar-refractivity contribution is -0.139. The van der Waals surface area contributed by atoms with E-state index in [1.165, 1.54) is 11.3 Å². The molecule has 0 aromatic carbocycles. The molecule has 0 N–H and O–H groups in total. The number of piperazine rings is 1. The molecule has 3 saturated heterocycles. The molecule has 2 aliphatic carbocycles. The summed E-state index contributed by atoms with van der Waals surface area (Å²) in [7, 11) is 2.16. The molecule has 5 atom stereocenters. The van der Waals surface area contributed by atoms with Crippen molar-refractivity contribution in [3.05, 3.63) is 17.5 Å². The topological polar surface area (TPSA) is 61.8 Å². The zero-order valence-corrected chi connectivity index (χ0v) is 15.9. The average Bonchev–Trinajstić information content (AvgIpc) is 3.19. The first-order chi connectivity index (χ1) is 13.2. The number of hydrogen-bond donors (Lipinski definition) is 0. The van der Waals surface area contributed by atoms with Crippen LogP contribution < -0.4 is 4.90 Å². The maximum atomic E-state index is 13.1. The number of hydrogen-bond acceptors (Lipinski definition) is 6. The highest BCUT2D eigenvalue weighted by atomic mass is 16.5. The molecular weight excluding hydrogens is 342 g/mol. The van der Waals surface area contributed by atoms with Crippen LogP contribution in [0.3, 0.4) is 0 Å². The summed E-state index contributed by atoms with van der Waals surface area (Å²) >= 11 is 0. The van der Waals surface area contributed by atoms with Crippen LogP contribution >= 0.6 is 0 Å². The maximum absolute atomic E-state index is 13.1. The molecule has 5 heterocycles. The van der Waals surface area contributed by atoms with Gasteiger partial charge in [-0.1, -0.05) is 0 Å². The van der Waals surface area contributed by atoms with E-state index in [4.69, 9.17) is 14.7 Å². The third-order valence-corrected chi connectivity index (χ3v) is 7.47. The monoisotopic (exact) mass is 369 g/mol. The van der Waals surface area contributed by atoms with E-state index in [-0.39, 0.29) is 12.0 Å². The van der Waals surface area contributed by atoms with Crippen LogP contribution in [0.15, 0.2) is 6.20 Å². The summed E-state index contributed by atoms with van der Waals surface area (Å²) in [5.74, 6) is 2.78. The van der Waals surface area contributed by atoms with Crippen molar-refractivity contribution in [3.63, 3.8) is 0 Å². The van der Waals surface area contributed by atoms with Crippen LogP contribution in [-0.2, 0) is 9.53 Å². The van der Waals surface area contributed by atoms with Crippen molar-refractivity contribution in [1.82, 2.24) is 19.8 Å². The Kier molecular flexibility index (Phi) is 3.54. The van der Waals surface area contributed by atoms with Crippen LogP contribution in [0.25, 0.3) is 0 Å². The van der Waals surface area contributed by atoms with Crippen LogP contribution in [0.1, 0.15) is 36.1 Å². The number of aromatic nitrogens is 2. The molecule has 1 saturated carbocycles. The van der Waals surface area contributed by atoms with Crippen molar-refractivity contribution >= 4 is 11.9 Å². The van der Waals surface area contributed by atoms with Crippen molar-refractivity contribution in [2.75, 3.05) is 57.9 Å². The molecule has 7 nitrogen and oxygen atoms in total. The molecule has 144 valence electrons. The van der Waals surface area contributed by atoms with E-state index in [2.05, 4.69) is 21.7 Å². The predicted molar refractivity (Wildman–Crippen MR) is 99.5 cm³/mol. The molecule has 1 amide bonds. The predicted octanol–water partition coefficient (Wildman–Crippen LogP) is 0.881. The van der Waals surface area contributed by atoms with E-state index in [1.807, 2.05) is 6.20 Å². The zero-order chi connectivity index (χ0) is 18.1. The van der Waals surface area contributed by atoms with Gasteiger partial charge in [-0.05, 0) is 31.7 Å². The SMILES string of the molecule is CN1CCN(c2ncc3c(n2)C2CCC3N(C(=O)C3[C@H]4COC[C@@H]34)C2)CC1. The molecule has 27 heavy (non-hydrogen) atoms. The van der Waals surface area contributed by atoms with Gasteiger partial charge in [0.2, 0.25) is 11.9 Å². The molecule has 0 radical (unpaired) electrons. The number of rotatable bonds is 2. The lowest BCUT2D eigenvalue weighted by atomic mass is 9.78. The van der Waals surface area contributed by atoms with E-state index in [1.54, 1.807) is 0 Å². The second-order valence-corrected chi connectivity index (χ2v) is 8.97. The quantitative estimate of drug-likeness (QED) is 0.771. The van der Waals surface area contributed by atoms with Gasteiger partial charge in [-0.25, -0.2) is 9.97 Å². The van der Waals surface area contributed by atoms with Crippen molar-refractivity contribution in [2.24, 2.45) is 17.8 Å². The lowest BCUT2D eigenvalue weighted by Crippen LogP contribution is -2.48. The van der Waals surface area contributed by atoms with Crippen LogP contribution in [0.4, 0.5) is 5.95 Å². The number of anilines is 1. The van der Waals surface area contributed by atoms with Crippen LogP contribution in [0.2, 0.25) is 0 Å². The summed E-state index contributed by atoms with van der Waals surface area (Å²) in [6.45, 7) is 6.48. The summed E-state index contributed by atoms with van der Waals surface area (Å²) in [6.07, 6.45) is 4.21. The van der Waals surface area contributed by atoms with E-state index in [0.29, 0.717) is 23.7 Å². The Morgan fingerprint density at radius 3 is 2.70 bits per heavy atom. The van der Waals surface area contributed by atoms with Gasteiger partial charge in [0.05, 0.1) is 24.9 Å². The van der Waals surface area contributed by atoms with Gasteiger partial charge < -0.3 is 19.4 Å². The molecule has 6 aliphatic rings. The second kappa shape index (κ2) is 5.88. The highest BCUT2D eigenvalue weighted by Crippen LogP contribution is 2.54. The number of fused-ring (bicyclic) bond motifs is 3. The van der Waals surface area contributed by atoms with Gasteiger partial charge in [-0.3, -0.25) is 4.79 Å². The average molecular weight is 369 g/mol. The fourth-order valence-corrected chi connectivity index (χ4v) is 5.70. The minimum absolute atomic E-state index is 0.182. The summed E-state index contributed by atoms with van der Waals surface area (Å²) < 4.78 is 5.47. The summed E-state index contributed by atoms with van der Waals surface area (Å²) in [5, 5.41) is 0. The molecule has 0 spiro atoms. The van der Waals surface area contributed by atoms with E-state index in [0.717, 1.165) is 64.7 Å². The molecule has 2 bridgehead atoms. The zero-order valence-electron chi connectivity index (χ0n) is 15.9. The Labute approximate surface area is 159 Å². The number of likely N-dealkylation sites (N-methyl/N-ethyl adjacent to an activating group) is 1. The van der Waals surface area contributed by atoms with Gasteiger partial charge in [-0.15, -0.1) is 0 Å². The number of piperidine rings is 1. The summed E-state index contributed by atoms with van der Waals surface area (Å²) in [4.78, 5) is 29.6. The molecular formula is C20H27N5O2. The Morgan fingerprint density at radius 1 is 1.15 bits per heavy atom. The van der Waals surface area contributed by atoms with Crippen molar-refractivity contribution < 1.29 is 9.53 Å². The maximum Gasteiger partial charge on any atom is 0.226 e. The van der Waals surface area contributed by atoms with Crippen molar-refractivity contribution in [1.29, 1.82) is 0 Å². The third kappa shape index (κ3) is 2.44. The van der Waals surface area contributed by atoms with Crippen LogP contribution in [0.5, 0.6) is 0 Å². The number of nitrogens with zero attached hydrogens (tertiary/aromatic N) is 5. The fourth-order valence-electron chi connectivity index (χ4n) is 5.70. The van der Waals surface area contributed by atoms with Gasteiger partial charge >= 0.3 is 0 Å². The van der Waals surface area contributed by atoms with Gasteiger partial charge in [-0.2, -0.15) is 0 Å². The van der Waals surface area contributed by atoms with Crippen molar-refractivity contribution in [2.45, 2.75) is 24.8 Å². The Balaban J connectivity index is 1.24. The number of carbonyl (C=O) groups is 1. The summed E-state index contributed by atoms with van der Waals surface area (Å²) in [5.41, 5.74) is 2.41. The van der Waals surface area contributed by atoms with E-state index in [9.17, 15) is 4.79 Å². The minimum Gasteiger partial charge on any atom is -0.381 e. The molecule has 4 fully saturated rings. The van der Waals surface area contributed by atoms with Crippen LogP contribution in [-0.4, -0.2) is 78.7 Å². The normalized spacial score (nSPS) is 37.3. The molecule has 1 aromatic heterocycles. The van der Waals surface area contributed by atoms with Gasteiger partial charge in [0.25, 0.3) is 0 Å². The van der Waals surface area contributed by atoms with E-state index >= 15 is 0 Å². The number of amides is 1. The smallest absolute Gasteiger partial charge is 0.226 e. The largest absolute Gasteiger partial charge is 0.381 e. The van der Waals surface area contributed by atoms with Gasteiger partial charge in [0.1, 0.15) is 0 Å². The third-order valence-electron chi connectivity index (χ3n) is 7.47. The standard InChI is InChI=1S/C20H27N5O2/c1-23-4-6-24(7-5-23)20-21-8-13-16-3-2-12(18(13)22-20)9-25(16)19(26)17-14-10-27-11-15(14)17/h8,12,14-17H,2-7,9-11H2,1H3/t12?,14-,15+,16?,17?. The molecule has 1 aromatic rings. The first kappa shape index (κ1) is 16.2. The molecule has 3 unspecified atom stereocenters. The summed E-state index contributed by atoms with van der Waals surface area (Å²) in [6, 6.07) is 0.182. The number of ether oxygens (including phenoxy) is 1. The van der Waals surface area contributed by atoms with Crippen LogP contribution in [0, 0.1) is 17.8 Å². The molecule has 7 heteroatoms. The first-order valence-electron chi connectivity index (χ1n) is 10.4. The van der Waals surface area contributed by atoms with Gasteiger partial charge in [0.15, 0.2) is 0 Å². The highest BCUT2D eigenvalue weighted by molar-refractivity contribution is 5.83. The lowest BCUT2D eigenvalue weighted by Gasteiger charge is -2.46. The molecule has 4 aliphatic heterocycles. The highest BCUT2D eigenvalue weighted by Gasteiger charge is 2.60.